The lowest BCUT2D eigenvalue weighted by molar-refractivity contribution is 0.0696. The van der Waals surface area contributed by atoms with Crippen LogP contribution in [0.2, 0.25) is 0 Å². The van der Waals surface area contributed by atoms with Crippen molar-refractivity contribution in [3.63, 3.8) is 0 Å². The molecule has 2 aromatic carbocycles. The van der Waals surface area contributed by atoms with Crippen LogP contribution in [0.1, 0.15) is 15.9 Å². The molecular weight excluding hydrogens is 347 g/mol. The summed E-state index contributed by atoms with van der Waals surface area (Å²) in [6, 6.07) is 11.3. The molecule has 0 saturated carbocycles. The third kappa shape index (κ3) is 3.74. The molecule has 0 aliphatic heterocycles. The maximum Gasteiger partial charge on any atom is 0.335 e. The third-order valence-corrected chi connectivity index (χ3v) is 5.29. The standard InChI is InChI=1S/C17H13FN2O2S2/c1-10-8-13(6-7-14(10)17(21)22)20-24-15-9-19-16(23-15)11-2-4-12(18)5-3-11/h2-9,20H,1H3,(H,21,22). The molecule has 3 rings (SSSR count). The Morgan fingerprint density at radius 1 is 1.25 bits per heavy atom. The molecule has 0 amide bonds. The predicted octanol–water partition coefficient (Wildman–Crippen LogP) is 5.08. The van der Waals surface area contributed by atoms with Gasteiger partial charge in [-0.15, -0.1) is 11.3 Å². The van der Waals surface area contributed by atoms with Gasteiger partial charge in [-0.1, -0.05) is 0 Å². The average Bonchev–Trinajstić information content (AvgIpc) is 3.02. The third-order valence-electron chi connectivity index (χ3n) is 3.30. The second-order valence-electron chi connectivity index (χ2n) is 5.03. The summed E-state index contributed by atoms with van der Waals surface area (Å²) in [5.41, 5.74) is 2.68. The van der Waals surface area contributed by atoms with E-state index in [0.717, 1.165) is 20.5 Å². The van der Waals surface area contributed by atoms with Crippen LogP contribution in [0, 0.1) is 12.7 Å². The number of halogens is 1. The number of hydrogen-bond donors (Lipinski definition) is 2. The fraction of sp³-hybridized carbons (Fsp3) is 0.0588. The molecule has 24 heavy (non-hydrogen) atoms. The van der Waals surface area contributed by atoms with Crippen LogP contribution in [0.25, 0.3) is 10.6 Å². The first-order valence-corrected chi connectivity index (χ1v) is 8.65. The average molecular weight is 360 g/mol. The van der Waals surface area contributed by atoms with Crippen molar-refractivity contribution in [2.45, 2.75) is 11.1 Å². The van der Waals surface area contributed by atoms with E-state index in [1.54, 1.807) is 43.5 Å². The summed E-state index contributed by atoms with van der Waals surface area (Å²) in [4.78, 5) is 15.4. The lowest BCUT2D eigenvalue weighted by atomic mass is 10.1. The van der Waals surface area contributed by atoms with Crippen molar-refractivity contribution in [2.24, 2.45) is 0 Å². The van der Waals surface area contributed by atoms with Crippen LogP contribution in [0.3, 0.4) is 0 Å². The van der Waals surface area contributed by atoms with Gasteiger partial charge in [-0.2, -0.15) is 0 Å². The van der Waals surface area contributed by atoms with Gasteiger partial charge in [0.25, 0.3) is 0 Å². The Kier molecular flexibility index (Phi) is 4.82. The first kappa shape index (κ1) is 16.5. The monoisotopic (exact) mass is 360 g/mol. The number of carboxylic acids is 1. The number of aryl methyl sites for hydroxylation is 1. The van der Waals surface area contributed by atoms with Crippen molar-refractivity contribution >= 4 is 34.9 Å². The van der Waals surface area contributed by atoms with Crippen LogP contribution >= 0.6 is 23.3 Å². The Labute approximate surface area is 146 Å². The molecular formula is C17H13FN2O2S2. The van der Waals surface area contributed by atoms with E-state index in [-0.39, 0.29) is 5.82 Å². The van der Waals surface area contributed by atoms with Crippen molar-refractivity contribution < 1.29 is 14.3 Å². The van der Waals surface area contributed by atoms with Gasteiger partial charge in [0.2, 0.25) is 0 Å². The van der Waals surface area contributed by atoms with Crippen molar-refractivity contribution in [2.75, 3.05) is 4.72 Å². The molecule has 7 heteroatoms. The molecule has 0 aliphatic carbocycles. The smallest absolute Gasteiger partial charge is 0.335 e. The van der Waals surface area contributed by atoms with E-state index in [1.807, 2.05) is 0 Å². The molecule has 122 valence electrons. The molecule has 0 saturated heterocycles. The maximum atomic E-state index is 13.0. The molecule has 0 fully saturated rings. The molecule has 0 radical (unpaired) electrons. The Bertz CT molecular complexity index is 879. The largest absolute Gasteiger partial charge is 0.478 e. The molecule has 1 aromatic heterocycles. The van der Waals surface area contributed by atoms with Gasteiger partial charge in [0.05, 0.1) is 11.8 Å². The molecule has 0 unspecified atom stereocenters. The number of thiazole rings is 1. The summed E-state index contributed by atoms with van der Waals surface area (Å²) in [6.07, 6.45) is 1.75. The highest BCUT2D eigenvalue weighted by Crippen LogP contribution is 2.32. The molecule has 0 bridgehead atoms. The minimum absolute atomic E-state index is 0.272. The summed E-state index contributed by atoms with van der Waals surface area (Å²) in [7, 11) is 0. The van der Waals surface area contributed by atoms with Gasteiger partial charge in [-0.25, -0.2) is 14.2 Å². The summed E-state index contributed by atoms with van der Waals surface area (Å²) >= 11 is 2.90. The number of carbonyl (C=O) groups is 1. The van der Waals surface area contributed by atoms with Gasteiger partial charge in [-0.3, -0.25) is 0 Å². The van der Waals surface area contributed by atoms with Crippen LogP contribution in [0.5, 0.6) is 0 Å². The Morgan fingerprint density at radius 3 is 2.67 bits per heavy atom. The van der Waals surface area contributed by atoms with Gasteiger partial charge in [-0.05, 0) is 66.9 Å². The normalized spacial score (nSPS) is 10.6. The molecule has 0 atom stereocenters. The SMILES string of the molecule is Cc1cc(NSc2cnc(-c3ccc(F)cc3)s2)ccc1C(=O)O. The summed E-state index contributed by atoms with van der Waals surface area (Å²) in [5, 5.41) is 9.85. The highest BCUT2D eigenvalue weighted by atomic mass is 32.2. The molecule has 0 spiro atoms. The van der Waals surface area contributed by atoms with Crippen molar-refractivity contribution in [1.82, 2.24) is 4.98 Å². The van der Waals surface area contributed by atoms with Gasteiger partial charge in [0, 0.05) is 11.3 Å². The Balaban J connectivity index is 1.68. The molecule has 2 N–H and O–H groups in total. The number of rotatable bonds is 5. The minimum Gasteiger partial charge on any atom is -0.478 e. The van der Waals surface area contributed by atoms with Crippen molar-refractivity contribution in [3.8, 4) is 10.6 Å². The fourth-order valence-corrected chi connectivity index (χ4v) is 3.74. The lowest BCUT2D eigenvalue weighted by Crippen LogP contribution is -1.99. The highest BCUT2D eigenvalue weighted by Gasteiger charge is 2.09. The number of anilines is 1. The number of nitrogens with one attached hydrogen (secondary N) is 1. The molecule has 4 nitrogen and oxygen atoms in total. The van der Waals surface area contributed by atoms with Gasteiger partial charge in [0.1, 0.15) is 15.0 Å². The van der Waals surface area contributed by atoms with Crippen LogP contribution in [0.4, 0.5) is 10.1 Å². The zero-order valence-corrected chi connectivity index (χ0v) is 14.2. The second-order valence-corrected chi connectivity index (χ2v) is 7.17. The van der Waals surface area contributed by atoms with E-state index in [4.69, 9.17) is 5.11 Å². The maximum absolute atomic E-state index is 13.0. The summed E-state index contributed by atoms with van der Waals surface area (Å²) in [5.74, 6) is -1.20. The number of aromatic carboxylic acids is 1. The van der Waals surface area contributed by atoms with Crippen LogP contribution in [-0.2, 0) is 0 Å². The van der Waals surface area contributed by atoms with E-state index in [1.165, 1.54) is 35.4 Å². The zero-order chi connectivity index (χ0) is 17.1. The van der Waals surface area contributed by atoms with Crippen molar-refractivity contribution in [3.05, 3.63) is 65.6 Å². The van der Waals surface area contributed by atoms with Crippen molar-refractivity contribution in [1.29, 1.82) is 0 Å². The van der Waals surface area contributed by atoms with E-state index in [9.17, 15) is 9.18 Å². The lowest BCUT2D eigenvalue weighted by Gasteiger charge is -2.06. The van der Waals surface area contributed by atoms with Crippen LogP contribution < -0.4 is 4.72 Å². The van der Waals surface area contributed by atoms with Gasteiger partial charge >= 0.3 is 5.97 Å². The van der Waals surface area contributed by atoms with E-state index >= 15 is 0 Å². The number of carboxylic acid groups (broad SMARTS) is 1. The molecule has 3 aromatic rings. The Morgan fingerprint density at radius 2 is 2.00 bits per heavy atom. The summed E-state index contributed by atoms with van der Waals surface area (Å²) in [6.45, 7) is 1.76. The van der Waals surface area contributed by atoms with Crippen LogP contribution in [-0.4, -0.2) is 16.1 Å². The van der Waals surface area contributed by atoms with Crippen LogP contribution in [0.15, 0.2) is 52.9 Å². The number of aromatic nitrogens is 1. The molecule has 0 aliphatic rings. The van der Waals surface area contributed by atoms with E-state index in [2.05, 4.69) is 9.71 Å². The fourth-order valence-electron chi connectivity index (χ4n) is 2.11. The minimum atomic E-state index is -0.932. The second kappa shape index (κ2) is 7.02. The number of nitrogens with zero attached hydrogens (tertiary/aromatic N) is 1. The highest BCUT2D eigenvalue weighted by molar-refractivity contribution is 8.02. The predicted molar refractivity (Wildman–Crippen MR) is 95.1 cm³/mol. The Hall–Kier alpha value is -2.38. The van der Waals surface area contributed by atoms with E-state index < -0.39 is 5.97 Å². The topological polar surface area (TPSA) is 62.2 Å². The quantitative estimate of drug-likeness (QED) is 0.622. The number of hydrogen-bond acceptors (Lipinski definition) is 5. The zero-order valence-electron chi connectivity index (χ0n) is 12.6. The van der Waals surface area contributed by atoms with Gasteiger partial charge < -0.3 is 9.83 Å². The first-order chi connectivity index (χ1) is 11.5. The first-order valence-electron chi connectivity index (χ1n) is 7.01. The van der Waals surface area contributed by atoms with Gasteiger partial charge in [0.15, 0.2) is 0 Å². The number of benzene rings is 2. The molecule has 1 heterocycles. The summed E-state index contributed by atoms with van der Waals surface area (Å²) < 4.78 is 17.1. The van der Waals surface area contributed by atoms with E-state index in [0.29, 0.717) is 11.1 Å².